The Balaban J connectivity index is 1.40. The summed E-state index contributed by atoms with van der Waals surface area (Å²) in [5.74, 6) is 1.23. The molecule has 2 aliphatic carbocycles. The second-order valence-corrected chi connectivity index (χ2v) is 11.7. The van der Waals surface area contributed by atoms with Gasteiger partial charge in [-0.25, -0.2) is 0 Å². The van der Waals surface area contributed by atoms with E-state index in [2.05, 4.69) is 48.5 Å². The molecule has 0 aromatic heterocycles. The van der Waals surface area contributed by atoms with Crippen molar-refractivity contribution in [3.8, 4) is 22.6 Å². The molecule has 5 nitrogen and oxygen atoms in total. The standard InChI is InChI=1S/C37H27NO4/c39-35-26-13-5-4-10-23(26)21-36(40)31-20-33-32(41-22-42-33)18-24(31)19-34(36)38(35)37(25-11-2-1-3-12-25)29-16-8-6-14-27(29)28-15-7-9-17-30(28)37/h1-18,20,34,40H,19,21-22H2/t34-,36+/m1/s1. The van der Waals surface area contributed by atoms with Crippen molar-refractivity contribution in [2.45, 2.75) is 30.0 Å². The van der Waals surface area contributed by atoms with Crippen molar-refractivity contribution in [2.24, 2.45) is 0 Å². The summed E-state index contributed by atoms with van der Waals surface area (Å²) in [6.45, 7) is 0.165. The predicted octanol–water partition coefficient (Wildman–Crippen LogP) is 6.20. The average Bonchev–Trinajstić information content (AvgIpc) is 3.67. The van der Waals surface area contributed by atoms with Gasteiger partial charge >= 0.3 is 0 Å². The smallest absolute Gasteiger partial charge is 0.255 e. The summed E-state index contributed by atoms with van der Waals surface area (Å²) in [6.07, 6.45) is 0.804. The molecule has 2 atom stereocenters. The number of hydrogen-bond acceptors (Lipinski definition) is 4. The van der Waals surface area contributed by atoms with Gasteiger partial charge in [-0.3, -0.25) is 4.79 Å². The fourth-order valence-electron chi connectivity index (χ4n) is 8.06. The maximum atomic E-state index is 15.2. The summed E-state index contributed by atoms with van der Waals surface area (Å²) in [4.78, 5) is 17.2. The highest BCUT2D eigenvalue weighted by molar-refractivity contribution is 5.99. The average molecular weight is 550 g/mol. The van der Waals surface area contributed by atoms with Gasteiger partial charge in [0.15, 0.2) is 11.5 Å². The van der Waals surface area contributed by atoms with Crippen molar-refractivity contribution in [1.29, 1.82) is 0 Å². The first-order valence-electron chi connectivity index (χ1n) is 14.4. The van der Waals surface area contributed by atoms with Crippen LogP contribution >= 0.6 is 0 Å². The molecule has 0 spiro atoms. The Labute approximate surface area is 243 Å². The summed E-state index contributed by atoms with van der Waals surface area (Å²) < 4.78 is 11.5. The second-order valence-electron chi connectivity index (χ2n) is 11.7. The van der Waals surface area contributed by atoms with Crippen molar-refractivity contribution in [3.63, 3.8) is 0 Å². The predicted molar refractivity (Wildman–Crippen MR) is 158 cm³/mol. The minimum atomic E-state index is -1.35. The molecule has 0 unspecified atom stereocenters. The number of hydrogen-bond donors (Lipinski definition) is 1. The molecular weight excluding hydrogens is 522 g/mol. The number of fused-ring (bicyclic) bond motifs is 8. The molecule has 0 fully saturated rings. The fourth-order valence-corrected chi connectivity index (χ4v) is 8.06. The van der Waals surface area contributed by atoms with Gasteiger partial charge in [0.05, 0.1) is 6.04 Å². The summed E-state index contributed by atoms with van der Waals surface area (Å²) in [7, 11) is 0. The van der Waals surface area contributed by atoms with Gasteiger partial charge in [-0.15, -0.1) is 0 Å². The van der Waals surface area contributed by atoms with E-state index >= 15 is 4.79 Å². The first kappa shape index (κ1) is 23.8. The minimum absolute atomic E-state index is 0.0882. The van der Waals surface area contributed by atoms with E-state index < -0.39 is 17.2 Å². The Morgan fingerprint density at radius 2 is 1.26 bits per heavy atom. The highest BCUT2D eigenvalue weighted by Crippen LogP contribution is 2.59. The van der Waals surface area contributed by atoms with Crippen LogP contribution in [0.15, 0.2) is 115 Å². The summed E-state index contributed by atoms with van der Waals surface area (Å²) in [6, 6.07) is 38.2. The lowest BCUT2D eigenvalue weighted by Crippen LogP contribution is -2.59. The lowest BCUT2D eigenvalue weighted by Gasteiger charge is -2.49. The van der Waals surface area contributed by atoms with Gasteiger partial charge in [0.2, 0.25) is 6.79 Å². The van der Waals surface area contributed by atoms with Crippen LogP contribution in [-0.2, 0) is 24.0 Å². The van der Waals surface area contributed by atoms with Gasteiger partial charge in [-0.2, -0.15) is 0 Å². The topological polar surface area (TPSA) is 59.0 Å². The molecule has 0 saturated heterocycles. The van der Waals surface area contributed by atoms with Crippen LogP contribution in [0.1, 0.15) is 43.7 Å². The molecule has 204 valence electrons. The number of ether oxygens (including phenoxy) is 2. The van der Waals surface area contributed by atoms with Gasteiger partial charge in [0.25, 0.3) is 5.91 Å². The number of carbonyl (C=O) groups excluding carboxylic acids is 1. The van der Waals surface area contributed by atoms with E-state index in [1.165, 1.54) is 0 Å². The summed E-state index contributed by atoms with van der Waals surface area (Å²) in [5.41, 5.74) is 6.18. The molecule has 9 rings (SSSR count). The first-order valence-corrected chi connectivity index (χ1v) is 14.4. The number of amides is 1. The molecule has 0 radical (unpaired) electrons. The number of rotatable bonds is 2. The molecule has 1 N–H and O–H groups in total. The van der Waals surface area contributed by atoms with Crippen molar-refractivity contribution in [2.75, 3.05) is 6.79 Å². The van der Waals surface area contributed by atoms with Crippen molar-refractivity contribution in [3.05, 3.63) is 154 Å². The van der Waals surface area contributed by atoms with Crippen LogP contribution in [0.25, 0.3) is 11.1 Å². The van der Waals surface area contributed by atoms with Crippen LogP contribution < -0.4 is 9.47 Å². The van der Waals surface area contributed by atoms with Crippen LogP contribution in [0.2, 0.25) is 0 Å². The van der Waals surface area contributed by atoms with Gasteiger partial charge in [0.1, 0.15) is 11.1 Å². The molecule has 5 heteroatoms. The third kappa shape index (κ3) is 2.88. The highest BCUT2D eigenvalue weighted by atomic mass is 16.7. The van der Waals surface area contributed by atoms with Gasteiger partial charge in [-0.05, 0) is 69.1 Å². The molecule has 2 heterocycles. The van der Waals surface area contributed by atoms with E-state index in [1.807, 2.05) is 71.6 Å². The van der Waals surface area contributed by atoms with E-state index in [4.69, 9.17) is 9.47 Å². The van der Waals surface area contributed by atoms with Crippen LogP contribution in [-0.4, -0.2) is 28.7 Å². The summed E-state index contributed by atoms with van der Waals surface area (Å²) in [5, 5.41) is 13.0. The summed E-state index contributed by atoms with van der Waals surface area (Å²) >= 11 is 0. The van der Waals surface area contributed by atoms with Crippen molar-refractivity contribution < 1.29 is 19.4 Å². The van der Waals surface area contributed by atoms with Gasteiger partial charge < -0.3 is 19.5 Å². The van der Waals surface area contributed by atoms with Crippen molar-refractivity contribution >= 4 is 5.91 Å². The zero-order valence-electron chi connectivity index (χ0n) is 22.8. The van der Waals surface area contributed by atoms with Gasteiger partial charge in [-0.1, -0.05) is 97.1 Å². The number of carbonyl (C=O) groups is 1. The minimum Gasteiger partial charge on any atom is -0.454 e. The molecular formula is C37H27NO4. The Bertz CT molecular complexity index is 1890. The van der Waals surface area contributed by atoms with E-state index in [0.717, 1.165) is 44.5 Å². The second kappa shape index (κ2) is 8.34. The highest BCUT2D eigenvalue weighted by Gasteiger charge is 2.61. The largest absolute Gasteiger partial charge is 0.454 e. The van der Waals surface area contributed by atoms with E-state index in [1.54, 1.807) is 0 Å². The van der Waals surface area contributed by atoms with Crippen LogP contribution in [0.4, 0.5) is 0 Å². The van der Waals surface area contributed by atoms with E-state index in [9.17, 15) is 5.11 Å². The number of aliphatic hydroxyl groups is 1. The van der Waals surface area contributed by atoms with Crippen LogP contribution in [0.5, 0.6) is 11.5 Å². The molecule has 0 bridgehead atoms. The Morgan fingerprint density at radius 3 is 1.98 bits per heavy atom. The Morgan fingerprint density at radius 1 is 0.667 bits per heavy atom. The molecule has 42 heavy (non-hydrogen) atoms. The zero-order valence-corrected chi connectivity index (χ0v) is 22.8. The number of nitrogens with zero attached hydrogens (tertiary/aromatic N) is 1. The maximum absolute atomic E-state index is 15.2. The molecule has 0 saturated carbocycles. The third-order valence-corrected chi connectivity index (χ3v) is 9.74. The molecule has 1 amide bonds. The first-order chi connectivity index (χ1) is 20.6. The van der Waals surface area contributed by atoms with Crippen LogP contribution in [0.3, 0.4) is 0 Å². The lowest BCUT2D eigenvalue weighted by molar-refractivity contribution is -0.0490. The monoisotopic (exact) mass is 549 g/mol. The molecule has 4 aliphatic rings. The van der Waals surface area contributed by atoms with E-state index in [0.29, 0.717) is 29.9 Å². The fraction of sp³-hybridized carbons (Fsp3) is 0.162. The third-order valence-electron chi connectivity index (χ3n) is 9.74. The molecule has 5 aromatic carbocycles. The maximum Gasteiger partial charge on any atom is 0.255 e. The quantitative estimate of drug-likeness (QED) is 0.285. The SMILES string of the molecule is O=C1c2ccccc2C[C@]2(O)c3cc4c(cc3C[C@H]2N1C1(c2ccccc2)c2ccccc2-c2ccccc21)OCO4. The Hall–Kier alpha value is -4.87. The molecule has 5 aromatic rings. The zero-order chi connectivity index (χ0) is 28.1. The van der Waals surface area contributed by atoms with Crippen molar-refractivity contribution in [1.82, 2.24) is 4.90 Å². The van der Waals surface area contributed by atoms with E-state index in [-0.39, 0.29) is 12.7 Å². The normalized spacial score (nSPS) is 22.1. The van der Waals surface area contributed by atoms with Gasteiger partial charge in [0, 0.05) is 12.0 Å². The molecule has 2 aliphatic heterocycles. The lowest BCUT2D eigenvalue weighted by atomic mass is 9.76. The van der Waals surface area contributed by atoms with Crippen LogP contribution in [0, 0.1) is 0 Å². The Kier molecular flexibility index (Phi) is 4.72. The number of benzene rings is 5.